The summed E-state index contributed by atoms with van der Waals surface area (Å²) in [4.78, 5) is 5.26. The molecule has 0 amide bonds. The van der Waals surface area contributed by atoms with Crippen LogP contribution in [0.3, 0.4) is 0 Å². The van der Waals surface area contributed by atoms with Crippen molar-refractivity contribution in [3.8, 4) is 61.6 Å². The van der Waals surface area contributed by atoms with Gasteiger partial charge in [-0.05, 0) is 170 Å². The molecule has 6 heteroatoms. The first-order chi connectivity index (χ1) is 47.7. The molecular weight excluding hydrogens is 1160 g/mol. The summed E-state index contributed by atoms with van der Waals surface area (Å²) >= 11 is 0. The van der Waals surface area contributed by atoms with Gasteiger partial charge in [-0.3, -0.25) is 0 Å². The Balaban J connectivity index is 0.887. The van der Waals surface area contributed by atoms with Crippen LogP contribution in [0.5, 0.6) is 0 Å². The van der Waals surface area contributed by atoms with Gasteiger partial charge in [-0.1, -0.05) is 243 Å². The molecule has 15 aromatic carbocycles. The van der Waals surface area contributed by atoms with Crippen molar-refractivity contribution in [2.75, 3.05) is 9.80 Å². The first-order valence-corrected chi connectivity index (χ1v) is 33.2. The second-order valence-corrected chi connectivity index (χ2v) is 25.5. The van der Waals surface area contributed by atoms with Gasteiger partial charge in [0.25, 0.3) is 6.71 Å². The van der Waals surface area contributed by atoms with E-state index >= 15 is 0 Å². The largest absolute Gasteiger partial charge is 0.309 e. The smallest absolute Gasteiger partial charge is 0.252 e. The van der Waals surface area contributed by atoms with E-state index in [2.05, 4.69) is 375 Å². The Hall–Kier alpha value is -12.6. The molecule has 3 aromatic heterocycles. The highest BCUT2D eigenvalue weighted by atomic mass is 15.2. The van der Waals surface area contributed by atoms with Gasteiger partial charge in [-0.15, -0.1) is 0 Å². The Kier molecular flexibility index (Phi) is 12.1. The molecule has 0 atom stereocenters. The lowest BCUT2D eigenvalue weighted by atomic mass is 9.33. The van der Waals surface area contributed by atoms with Crippen LogP contribution >= 0.6 is 0 Å². The van der Waals surface area contributed by atoms with Gasteiger partial charge in [0, 0.05) is 55.1 Å². The molecule has 0 bridgehead atoms. The fraction of sp³-hybridized carbons (Fsp3) is 0. The number of anilines is 6. The molecule has 446 valence electrons. The number of para-hydroxylation sites is 8. The molecule has 0 saturated carbocycles. The van der Waals surface area contributed by atoms with Crippen molar-refractivity contribution in [3.63, 3.8) is 0 Å². The lowest BCUT2D eigenvalue weighted by Gasteiger charge is -2.45. The van der Waals surface area contributed by atoms with Gasteiger partial charge < -0.3 is 23.5 Å². The van der Waals surface area contributed by atoms with Crippen molar-refractivity contribution in [1.29, 1.82) is 0 Å². The van der Waals surface area contributed by atoms with Crippen molar-refractivity contribution in [1.82, 2.24) is 13.7 Å². The molecule has 0 aliphatic carbocycles. The standard InChI is InChI=1S/C90H58BN5/c1-6-26-59(27-7-1)63-46-50-76-69(54-63)70-55-64(60-28-8-2-9-29-60)47-51-77(70)93(76)82-42-22-23-43-83(82)95-80-40-20-17-37-73(80)91-74-38-18-21-41-81(74)96(90-88-68-36-16-19-39-75(68)92(67-34-14-5-15-35-67)86(88)58-87(95)89(90)91)85-45-25-24-44-84(85)94-78-52-48-65(61-30-10-3-11-31-61)56-71(78)72-57-66(49-53-79(72)94)62-32-12-4-13-33-62/h1-58H. The molecular formula is C90H58BN5. The highest BCUT2D eigenvalue weighted by Crippen LogP contribution is 2.53. The Morgan fingerprint density at radius 3 is 0.969 bits per heavy atom. The van der Waals surface area contributed by atoms with Gasteiger partial charge in [0.15, 0.2) is 0 Å². The van der Waals surface area contributed by atoms with Crippen molar-refractivity contribution in [3.05, 3.63) is 352 Å². The topological polar surface area (TPSA) is 21.3 Å². The van der Waals surface area contributed by atoms with E-state index in [9.17, 15) is 0 Å². The van der Waals surface area contributed by atoms with Crippen LogP contribution in [0.15, 0.2) is 352 Å². The van der Waals surface area contributed by atoms with Gasteiger partial charge in [-0.2, -0.15) is 0 Å². The number of hydrogen-bond acceptors (Lipinski definition) is 2. The molecule has 18 aromatic rings. The lowest BCUT2D eigenvalue weighted by molar-refractivity contribution is 1.14. The molecule has 0 N–H and O–H groups in total. The maximum Gasteiger partial charge on any atom is 0.252 e. The van der Waals surface area contributed by atoms with Crippen molar-refractivity contribution < 1.29 is 0 Å². The van der Waals surface area contributed by atoms with E-state index in [0.717, 1.165) is 78.6 Å². The van der Waals surface area contributed by atoms with E-state index in [-0.39, 0.29) is 6.71 Å². The van der Waals surface area contributed by atoms with Gasteiger partial charge in [0.2, 0.25) is 0 Å². The average Bonchev–Trinajstić information content (AvgIpc) is 1.11. The predicted molar refractivity (Wildman–Crippen MR) is 405 cm³/mol. The van der Waals surface area contributed by atoms with E-state index in [1.807, 2.05) is 0 Å². The highest BCUT2D eigenvalue weighted by molar-refractivity contribution is 7.00. The molecule has 0 spiro atoms. The van der Waals surface area contributed by atoms with Gasteiger partial charge in [0.05, 0.1) is 61.5 Å². The zero-order valence-corrected chi connectivity index (χ0v) is 52.3. The van der Waals surface area contributed by atoms with Crippen LogP contribution in [0.25, 0.3) is 127 Å². The van der Waals surface area contributed by atoms with Crippen LogP contribution in [-0.4, -0.2) is 20.4 Å². The first kappa shape index (κ1) is 54.0. The summed E-state index contributed by atoms with van der Waals surface area (Å²) in [5.74, 6) is 0. The quantitative estimate of drug-likeness (QED) is 0.134. The Labute approximate surface area is 556 Å². The molecule has 0 saturated heterocycles. The number of fused-ring (bicyclic) bond motifs is 14. The minimum absolute atomic E-state index is 0.139. The van der Waals surface area contributed by atoms with Gasteiger partial charge >= 0.3 is 0 Å². The maximum atomic E-state index is 2.65. The van der Waals surface area contributed by atoms with Crippen LogP contribution < -0.4 is 26.2 Å². The highest BCUT2D eigenvalue weighted by Gasteiger charge is 2.46. The van der Waals surface area contributed by atoms with Gasteiger partial charge in [0.1, 0.15) is 0 Å². The van der Waals surface area contributed by atoms with Crippen LogP contribution in [0.2, 0.25) is 0 Å². The summed E-state index contributed by atoms with van der Waals surface area (Å²) in [6.07, 6.45) is 0. The molecule has 2 aliphatic heterocycles. The second-order valence-electron chi connectivity index (χ2n) is 25.5. The summed E-state index contributed by atoms with van der Waals surface area (Å²) < 4.78 is 7.57. The van der Waals surface area contributed by atoms with Crippen molar-refractivity contribution in [2.24, 2.45) is 0 Å². The molecule has 2 aliphatic rings. The number of nitrogens with zero attached hydrogens (tertiary/aromatic N) is 5. The minimum Gasteiger partial charge on any atom is -0.309 e. The Bertz CT molecular complexity index is 5950. The summed E-state index contributed by atoms with van der Waals surface area (Å²) in [6.45, 7) is -0.139. The summed E-state index contributed by atoms with van der Waals surface area (Å²) in [5.41, 5.74) is 30.1. The SMILES string of the molecule is c1ccc(-c2ccc3c(c2)c2cc(-c4ccccc4)ccc2n3-c2ccccc2N2c3ccccc3B3c4ccccc4N(c4ccccc4-n4c5ccc(-c6ccccc6)cc5c5cc(-c6ccccc6)ccc54)c4c3c2cc2c4c3ccccc3n2-c2ccccc2)cc1. The number of hydrogen-bond donors (Lipinski definition) is 0. The van der Waals surface area contributed by atoms with E-state index in [4.69, 9.17) is 0 Å². The molecule has 0 radical (unpaired) electrons. The predicted octanol–water partition coefficient (Wildman–Crippen LogP) is 21.7. The lowest BCUT2D eigenvalue weighted by Crippen LogP contribution is -2.61. The van der Waals surface area contributed by atoms with E-state index < -0.39 is 0 Å². The molecule has 0 unspecified atom stereocenters. The fourth-order valence-electron chi connectivity index (χ4n) is 16.3. The zero-order chi connectivity index (χ0) is 63.0. The summed E-state index contributed by atoms with van der Waals surface area (Å²) in [7, 11) is 0. The third-order valence-corrected chi connectivity index (χ3v) is 20.4. The molecule has 0 fully saturated rings. The fourth-order valence-corrected chi connectivity index (χ4v) is 16.3. The van der Waals surface area contributed by atoms with Crippen LogP contribution in [-0.2, 0) is 0 Å². The maximum absolute atomic E-state index is 2.65. The molecule has 5 nitrogen and oxygen atoms in total. The average molecular weight is 1220 g/mol. The monoisotopic (exact) mass is 1220 g/mol. The zero-order valence-electron chi connectivity index (χ0n) is 52.3. The van der Waals surface area contributed by atoms with E-state index in [1.54, 1.807) is 0 Å². The molecule has 5 heterocycles. The van der Waals surface area contributed by atoms with Gasteiger partial charge in [-0.25, -0.2) is 0 Å². The second kappa shape index (κ2) is 21.5. The van der Waals surface area contributed by atoms with Crippen molar-refractivity contribution >= 4 is 123 Å². The van der Waals surface area contributed by atoms with Crippen LogP contribution in [0.1, 0.15) is 0 Å². The third-order valence-electron chi connectivity index (χ3n) is 20.4. The molecule has 96 heavy (non-hydrogen) atoms. The number of aromatic nitrogens is 3. The number of benzene rings is 15. The van der Waals surface area contributed by atoms with Crippen LogP contribution in [0, 0.1) is 0 Å². The minimum atomic E-state index is -0.139. The third kappa shape index (κ3) is 8.12. The first-order valence-electron chi connectivity index (χ1n) is 33.2. The van der Waals surface area contributed by atoms with E-state index in [0.29, 0.717) is 0 Å². The van der Waals surface area contributed by atoms with Crippen LogP contribution in [0.4, 0.5) is 34.1 Å². The Morgan fingerprint density at radius 2 is 0.531 bits per heavy atom. The summed E-state index contributed by atoms with van der Waals surface area (Å²) in [6, 6.07) is 131. The normalized spacial score (nSPS) is 12.5. The number of rotatable bonds is 9. The van der Waals surface area contributed by atoms with Crippen molar-refractivity contribution in [2.45, 2.75) is 0 Å². The molecule has 20 rings (SSSR count). The Morgan fingerprint density at radius 1 is 0.198 bits per heavy atom. The summed E-state index contributed by atoms with van der Waals surface area (Å²) in [5, 5.41) is 7.19. The van der Waals surface area contributed by atoms with E-state index in [1.165, 1.54) is 98.9 Å².